The molecule has 30 heavy (non-hydrogen) atoms. The highest BCUT2D eigenvalue weighted by Gasteiger charge is 2.25. The second-order valence-electron chi connectivity index (χ2n) is 8.17. The Morgan fingerprint density at radius 1 is 0.867 bits per heavy atom. The number of benzene rings is 2. The van der Waals surface area contributed by atoms with Gasteiger partial charge in [0, 0.05) is 61.0 Å². The molecule has 0 spiro atoms. The van der Waals surface area contributed by atoms with Gasteiger partial charge >= 0.3 is 0 Å². The zero-order valence-electron chi connectivity index (χ0n) is 17.3. The van der Waals surface area contributed by atoms with E-state index in [9.17, 15) is 4.79 Å². The van der Waals surface area contributed by atoms with Crippen LogP contribution in [0.15, 0.2) is 63.3 Å². The third-order valence-corrected chi connectivity index (χ3v) is 7.33. The van der Waals surface area contributed by atoms with Crippen molar-refractivity contribution in [1.82, 2.24) is 14.7 Å². The van der Waals surface area contributed by atoms with Crippen LogP contribution in [0.5, 0.6) is 0 Å². The molecular formula is C24H28N4OS. The number of carbonyl (C=O) groups excluding carboxylic acids is 1. The Balaban J connectivity index is 1.25. The summed E-state index contributed by atoms with van der Waals surface area (Å²) < 4.78 is 0. The first-order valence-corrected chi connectivity index (χ1v) is 11.8. The average Bonchev–Trinajstić information content (AvgIpc) is 3.10. The van der Waals surface area contributed by atoms with Crippen molar-refractivity contribution >= 4 is 29.2 Å². The number of fused-ring (bicyclic) bond motifs is 2. The average molecular weight is 421 g/mol. The molecule has 5 rings (SSSR count). The highest BCUT2D eigenvalue weighted by molar-refractivity contribution is 7.99. The SMILES string of the molecule is O=C1CCCN1CCCN1CCN(C2=Nc3ccccc3Sc3ccccc32)CC1. The van der Waals surface area contributed by atoms with Gasteiger partial charge in [0.25, 0.3) is 0 Å². The largest absolute Gasteiger partial charge is 0.354 e. The molecule has 0 unspecified atom stereocenters. The van der Waals surface area contributed by atoms with Gasteiger partial charge < -0.3 is 9.80 Å². The molecule has 5 nitrogen and oxygen atoms in total. The Labute approximate surface area is 182 Å². The van der Waals surface area contributed by atoms with Crippen LogP contribution in [0.25, 0.3) is 0 Å². The number of piperazine rings is 1. The quantitative estimate of drug-likeness (QED) is 0.753. The molecule has 6 heteroatoms. The first kappa shape index (κ1) is 19.6. The molecule has 3 aliphatic heterocycles. The lowest BCUT2D eigenvalue weighted by Crippen LogP contribution is -2.49. The lowest BCUT2D eigenvalue weighted by Gasteiger charge is -2.37. The summed E-state index contributed by atoms with van der Waals surface area (Å²) in [5, 5.41) is 0. The van der Waals surface area contributed by atoms with Crippen molar-refractivity contribution in [2.45, 2.75) is 29.1 Å². The van der Waals surface area contributed by atoms with Gasteiger partial charge in [0.2, 0.25) is 5.91 Å². The first-order valence-electron chi connectivity index (χ1n) is 11.0. The van der Waals surface area contributed by atoms with Gasteiger partial charge in [-0.1, -0.05) is 42.1 Å². The Kier molecular flexibility index (Phi) is 5.77. The number of carbonyl (C=O) groups is 1. The third-order valence-electron chi connectivity index (χ3n) is 6.19. The van der Waals surface area contributed by atoms with Crippen molar-refractivity contribution in [3.05, 3.63) is 54.1 Å². The molecule has 0 saturated carbocycles. The smallest absolute Gasteiger partial charge is 0.222 e. The van der Waals surface area contributed by atoms with Crippen molar-refractivity contribution in [3.63, 3.8) is 0 Å². The fourth-order valence-corrected chi connectivity index (χ4v) is 5.54. The number of amides is 1. The van der Waals surface area contributed by atoms with Crippen LogP contribution in [-0.2, 0) is 4.79 Å². The van der Waals surface area contributed by atoms with E-state index < -0.39 is 0 Å². The van der Waals surface area contributed by atoms with E-state index in [0.29, 0.717) is 5.91 Å². The van der Waals surface area contributed by atoms with Crippen molar-refractivity contribution < 1.29 is 4.79 Å². The molecular weight excluding hydrogens is 392 g/mol. The van der Waals surface area contributed by atoms with Crippen LogP contribution in [0.3, 0.4) is 0 Å². The summed E-state index contributed by atoms with van der Waals surface area (Å²) in [6, 6.07) is 17.1. The summed E-state index contributed by atoms with van der Waals surface area (Å²) in [6.07, 6.45) is 2.84. The molecule has 2 aromatic rings. The molecule has 0 bridgehead atoms. The van der Waals surface area contributed by atoms with Crippen LogP contribution in [0.1, 0.15) is 24.8 Å². The van der Waals surface area contributed by atoms with Gasteiger partial charge in [-0.15, -0.1) is 0 Å². The summed E-state index contributed by atoms with van der Waals surface area (Å²) in [7, 11) is 0. The summed E-state index contributed by atoms with van der Waals surface area (Å²) >= 11 is 1.81. The number of nitrogens with zero attached hydrogens (tertiary/aromatic N) is 4. The van der Waals surface area contributed by atoms with E-state index in [0.717, 1.165) is 76.6 Å². The molecule has 2 fully saturated rings. The normalized spacial score (nSPS) is 19.3. The number of likely N-dealkylation sites (tertiary alicyclic amines) is 1. The van der Waals surface area contributed by atoms with Crippen molar-refractivity contribution in [2.75, 3.05) is 45.8 Å². The Bertz CT molecular complexity index is 952. The van der Waals surface area contributed by atoms with Gasteiger partial charge in [-0.25, -0.2) is 4.99 Å². The van der Waals surface area contributed by atoms with Crippen LogP contribution < -0.4 is 0 Å². The standard InChI is InChI=1S/C24H28N4OS/c29-23-11-5-13-27(23)14-6-12-26-15-17-28(18-16-26)24-19-7-1-3-9-21(19)30-22-10-4-2-8-20(22)25-24/h1-4,7-10H,5-6,11-18H2. The molecule has 1 amide bonds. The summed E-state index contributed by atoms with van der Waals surface area (Å²) in [4.78, 5) is 26.4. The molecule has 2 aromatic carbocycles. The predicted molar refractivity (Wildman–Crippen MR) is 122 cm³/mol. The predicted octanol–water partition coefficient (Wildman–Crippen LogP) is 3.86. The van der Waals surface area contributed by atoms with E-state index in [4.69, 9.17) is 4.99 Å². The van der Waals surface area contributed by atoms with Gasteiger partial charge in [-0.3, -0.25) is 9.69 Å². The van der Waals surface area contributed by atoms with Crippen LogP contribution in [-0.4, -0.2) is 72.3 Å². The lowest BCUT2D eigenvalue weighted by molar-refractivity contribution is -0.127. The van der Waals surface area contributed by atoms with E-state index >= 15 is 0 Å². The minimum absolute atomic E-state index is 0.336. The molecule has 0 aliphatic carbocycles. The number of hydrogen-bond donors (Lipinski definition) is 0. The maximum atomic E-state index is 11.8. The number of para-hydroxylation sites is 1. The maximum absolute atomic E-state index is 11.8. The number of aliphatic imine (C=N–C) groups is 1. The first-order chi connectivity index (χ1) is 14.8. The number of rotatable bonds is 4. The Morgan fingerprint density at radius 3 is 2.43 bits per heavy atom. The molecule has 2 saturated heterocycles. The monoisotopic (exact) mass is 420 g/mol. The number of hydrogen-bond acceptors (Lipinski definition) is 5. The molecule has 3 aliphatic rings. The van der Waals surface area contributed by atoms with Gasteiger partial charge in [0.1, 0.15) is 5.84 Å². The van der Waals surface area contributed by atoms with Crippen LogP contribution in [0, 0.1) is 0 Å². The third kappa shape index (κ3) is 4.12. The zero-order chi connectivity index (χ0) is 20.3. The van der Waals surface area contributed by atoms with Gasteiger partial charge in [0.15, 0.2) is 0 Å². The van der Waals surface area contributed by atoms with E-state index in [-0.39, 0.29) is 0 Å². The van der Waals surface area contributed by atoms with Gasteiger partial charge in [-0.2, -0.15) is 0 Å². The highest BCUT2D eigenvalue weighted by Crippen LogP contribution is 2.40. The van der Waals surface area contributed by atoms with Crippen molar-refractivity contribution in [2.24, 2.45) is 4.99 Å². The molecule has 0 radical (unpaired) electrons. The van der Waals surface area contributed by atoms with Crippen molar-refractivity contribution in [3.8, 4) is 0 Å². The molecule has 0 atom stereocenters. The van der Waals surface area contributed by atoms with Crippen LogP contribution >= 0.6 is 11.8 Å². The maximum Gasteiger partial charge on any atom is 0.222 e. The minimum Gasteiger partial charge on any atom is -0.354 e. The molecule has 0 aromatic heterocycles. The molecule has 156 valence electrons. The van der Waals surface area contributed by atoms with Crippen LogP contribution in [0.4, 0.5) is 5.69 Å². The van der Waals surface area contributed by atoms with Crippen molar-refractivity contribution in [1.29, 1.82) is 0 Å². The van der Waals surface area contributed by atoms with Gasteiger partial charge in [0.05, 0.1) is 5.69 Å². The molecule has 0 N–H and O–H groups in total. The Hall–Kier alpha value is -2.31. The minimum atomic E-state index is 0.336. The fraction of sp³-hybridized carbons (Fsp3) is 0.417. The second-order valence-corrected chi connectivity index (χ2v) is 9.25. The van der Waals surface area contributed by atoms with Gasteiger partial charge in [-0.05, 0) is 37.6 Å². The second kappa shape index (κ2) is 8.82. The zero-order valence-corrected chi connectivity index (χ0v) is 18.1. The highest BCUT2D eigenvalue weighted by atomic mass is 32.2. The summed E-state index contributed by atoms with van der Waals surface area (Å²) in [5.41, 5.74) is 2.30. The summed E-state index contributed by atoms with van der Waals surface area (Å²) in [6.45, 7) is 7.00. The Morgan fingerprint density at radius 2 is 1.63 bits per heavy atom. The van der Waals surface area contributed by atoms with E-state index in [1.54, 1.807) is 0 Å². The lowest BCUT2D eigenvalue weighted by atomic mass is 10.1. The van der Waals surface area contributed by atoms with E-state index in [2.05, 4.69) is 58.3 Å². The number of amidine groups is 1. The van der Waals surface area contributed by atoms with E-state index in [1.807, 2.05) is 16.7 Å². The summed E-state index contributed by atoms with van der Waals surface area (Å²) in [5.74, 6) is 1.44. The van der Waals surface area contributed by atoms with E-state index in [1.165, 1.54) is 15.4 Å². The molecule has 3 heterocycles. The van der Waals surface area contributed by atoms with Crippen LogP contribution in [0.2, 0.25) is 0 Å². The topological polar surface area (TPSA) is 39.2 Å². The fourth-order valence-electron chi connectivity index (χ4n) is 4.52.